The highest BCUT2D eigenvalue weighted by molar-refractivity contribution is 5.76. The molecule has 4 aromatic rings. The highest BCUT2D eigenvalue weighted by atomic mass is 16.7. The van der Waals surface area contributed by atoms with E-state index in [1.165, 1.54) is 36.4 Å². The van der Waals surface area contributed by atoms with E-state index in [0.717, 1.165) is 0 Å². The van der Waals surface area contributed by atoms with E-state index >= 15 is 0 Å². The quantitative estimate of drug-likeness (QED) is 0.102. The zero-order valence-corrected chi connectivity index (χ0v) is 33.0. The van der Waals surface area contributed by atoms with Gasteiger partial charge in [-0.2, -0.15) is 0 Å². The molecule has 0 aromatic heterocycles. The molecule has 2 fully saturated rings. The summed E-state index contributed by atoms with van der Waals surface area (Å²) in [5.74, 6) is -0.983. The minimum absolute atomic E-state index is 0.0348. The molecule has 0 spiro atoms. The number of hydrogen-bond donors (Lipinski definition) is 0. The maximum atomic E-state index is 12.5. The van der Waals surface area contributed by atoms with E-state index in [2.05, 4.69) is 0 Å². The molecule has 64 heavy (non-hydrogen) atoms. The Kier molecular flexibility index (Phi) is 10.7. The van der Waals surface area contributed by atoms with Crippen LogP contribution in [0.25, 0.3) is 0 Å². The average molecular weight is 889 g/mol. The van der Waals surface area contributed by atoms with Gasteiger partial charge in [-0.15, -0.1) is 0 Å². The summed E-state index contributed by atoms with van der Waals surface area (Å²) in [5, 5.41) is 45.9. The highest BCUT2D eigenvalue weighted by Crippen LogP contribution is 2.46. The van der Waals surface area contributed by atoms with Gasteiger partial charge in [-0.3, -0.25) is 50.0 Å². The number of ether oxygens (including phenoxy) is 10. The van der Waals surface area contributed by atoms with Crippen molar-refractivity contribution < 1.29 is 76.7 Å². The maximum Gasteiger partial charge on any atom is 0.315 e. The number of rotatable bonds is 12. The minimum Gasteiger partial charge on any atom is -0.465 e. The first-order valence-corrected chi connectivity index (χ1v) is 19.4. The number of cyclic esters (lactones) is 2. The molecule has 0 aliphatic carbocycles. The minimum atomic E-state index is -0.668. The molecule has 10 rings (SSSR count). The summed E-state index contributed by atoms with van der Waals surface area (Å²) in [5.41, 5.74) is 1.02. The van der Waals surface area contributed by atoms with Crippen LogP contribution in [-0.4, -0.2) is 72.0 Å². The van der Waals surface area contributed by atoms with E-state index in [-0.39, 0.29) is 135 Å². The Morgan fingerprint density at radius 1 is 0.406 bits per heavy atom. The van der Waals surface area contributed by atoms with Crippen LogP contribution in [0.4, 0.5) is 22.7 Å². The van der Waals surface area contributed by atoms with Crippen LogP contribution in [0.3, 0.4) is 0 Å². The number of nitro groups is 4. The first-order valence-electron chi connectivity index (χ1n) is 19.4. The zero-order valence-electron chi connectivity index (χ0n) is 33.0. The molecule has 0 N–H and O–H groups in total. The van der Waals surface area contributed by atoms with Crippen molar-refractivity contribution in [3.8, 4) is 46.0 Å². The van der Waals surface area contributed by atoms with Crippen molar-refractivity contribution in [3.63, 3.8) is 0 Å². The molecule has 2 saturated heterocycles. The van der Waals surface area contributed by atoms with E-state index in [9.17, 15) is 50.0 Å². The molecule has 6 aliphatic heterocycles. The Labute approximate surface area is 357 Å². The lowest BCUT2D eigenvalue weighted by Gasteiger charge is -2.16. The predicted octanol–water partition coefficient (Wildman–Crippen LogP) is 5.07. The van der Waals surface area contributed by atoms with E-state index < -0.39 is 43.5 Å². The van der Waals surface area contributed by atoms with Crippen LogP contribution in [0.5, 0.6) is 46.0 Å². The van der Waals surface area contributed by atoms with E-state index in [0.29, 0.717) is 33.8 Å². The SMILES string of the molecule is O=C1OC[C@@H](Cc2cc3c(c([N+](=O)[O-])c2)OCO3)[C@@H]1Cc1cc2c(cc1[N+](=O)[O-])OCO2.O=C1OC[C@@H](Cc2cc3c(c([N+](=O)[O-])c2)OCO3)[C@@H]1Cc1cc2c(cc1[N+](=O)[O-])OCO2. The third-order valence-corrected chi connectivity index (χ3v) is 11.5. The fourth-order valence-corrected chi connectivity index (χ4v) is 8.41. The standard InChI is InChI=1S/2C20H16N2O10/c2*23-20-13(4-11-5-16-17(30-8-29-16)6-14(11)21(24)25)12(7-28-20)1-10-2-15(22(26)27)19-18(3-10)31-9-32-19/h2*2-3,5-6,12-13H,1,4,7-9H2/t2*12-,13+/m11/s1. The second-order valence-corrected chi connectivity index (χ2v) is 15.2. The Morgan fingerprint density at radius 2 is 0.750 bits per heavy atom. The summed E-state index contributed by atoms with van der Waals surface area (Å²) in [6.07, 6.45) is 0.685. The zero-order chi connectivity index (χ0) is 44.8. The summed E-state index contributed by atoms with van der Waals surface area (Å²) >= 11 is 0. The molecule has 24 nitrogen and oxygen atoms in total. The van der Waals surface area contributed by atoms with Crippen molar-refractivity contribution in [2.24, 2.45) is 23.7 Å². The molecule has 0 bridgehead atoms. The van der Waals surface area contributed by atoms with Crippen molar-refractivity contribution >= 4 is 34.7 Å². The number of esters is 2. The molecule has 332 valence electrons. The Balaban J connectivity index is 0.000000162. The number of benzene rings is 4. The van der Waals surface area contributed by atoms with Gasteiger partial charge in [-0.25, -0.2) is 0 Å². The van der Waals surface area contributed by atoms with Gasteiger partial charge >= 0.3 is 23.3 Å². The molecule has 6 heterocycles. The lowest BCUT2D eigenvalue weighted by Crippen LogP contribution is -2.21. The fraction of sp³-hybridized carbons (Fsp3) is 0.350. The number of nitro benzene ring substituents is 4. The topological polar surface area (TPSA) is 299 Å². The van der Waals surface area contributed by atoms with Crippen LogP contribution >= 0.6 is 0 Å². The van der Waals surface area contributed by atoms with Gasteiger partial charge in [-0.1, -0.05) is 0 Å². The Morgan fingerprint density at radius 3 is 1.12 bits per heavy atom. The first kappa shape index (κ1) is 41.2. The molecule has 4 atom stereocenters. The molecule has 6 aliphatic rings. The summed E-state index contributed by atoms with van der Waals surface area (Å²) < 4.78 is 52.5. The summed E-state index contributed by atoms with van der Waals surface area (Å²) in [6, 6.07) is 11.6. The van der Waals surface area contributed by atoms with Crippen molar-refractivity contribution in [1.29, 1.82) is 0 Å². The van der Waals surface area contributed by atoms with Crippen LogP contribution in [0.2, 0.25) is 0 Å². The van der Waals surface area contributed by atoms with Crippen LogP contribution in [0.1, 0.15) is 22.3 Å². The molecule has 0 amide bonds. The lowest BCUT2D eigenvalue weighted by atomic mass is 9.84. The second-order valence-electron chi connectivity index (χ2n) is 15.2. The van der Waals surface area contributed by atoms with Crippen LogP contribution in [0.15, 0.2) is 48.5 Å². The summed E-state index contributed by atoms with van der Waals surface area (Å²) in [6.45, 7) is -0.0871. The smallest absolute Gasteiger partial charge is 0.315 e. The monoisotopic (exact) mass is 888 g/mol. The molecule has 4 aromatic carbocycles. The van der Waals surface area contributed by atoms with Crippen molar-refractivity contribution in [1.82, 2.24) is 0 Å². The van der Waals surface area contributed by atoms with Gasteiger partial charge in [0.15, 0.2) is 34.5 Å². The third-order valence-electron chi connectivity index (χ3n) is 11.5. The van der Waals surface area contributed by atoms with E-state index in [1.54, 1.807) is 12.1 Å². The van der Waals surface area contributed by atoms with Crippen LogP contribution < -0.4 is 37.9 Å². The molecular formula is C40H32N4O20. The largest absolute Gasteiger partial charge is 0.465 e. The molecule has 0 saturated carbocycles. The van der Waals surface area contributed by atoms with Crippen LogP contribution in [-0.2, 0) is 44.7 Å². The number of hydrogen-bond acceptors (Lipinski definition) is 20. The van der Waals surface area contributed by atoms with Gasteiger partial charge in [0, 0.05) is 35.1 Å². The van der Waals surface area contributed by atoms with Crippen molar-refractivity contribution in [2.75, 3.05) is 40.4 Å². The van der Waals surface area contributed by atoms with Crippen LogP contribution in [0, 0.1) is 64.1 Å². The molecule has 0 unspecified atom stereocenters. The number of carbonyl (C=O) groups excluding carboxylic acids is 2. The van der Waals surface area contributed by atoms with Gasteiger partial charge in [-0.05, 0) is 61.1 Å². The second kappa shape index (κ2) is 16.6. The lowest BCUT2D eigenvalue weighted by molar-refractivity contribution is -0.385. The Hall–Kier alpha value is -8.18. The predicted molar refractivity (Wildman–Crippen MR) is 208 cm³/mol. The normalized spacial score (nSPS) is 20.3. The van der Waals surface area contributed by atoms with E-state index in [1.807, 2.05) is 0 Å². The van der Waals surface area contributed by atoms with E-state index in [4.69, 9.17) is 47.4 Å². The number of fused-ring (bicyclic) bond motifs is 4. The van der Waals surface area contributed by atoms with Gasteiger partial charge < -0.3 is 47.4 Å². The summed E-state index contributed by atoms with van der Waals surface area (Å²) in [4.78, 5) is 68.7. The van der Waals surface area contributed by atoms with Gasteiger partial charge in [0.2, 0.25) is 38.7 Å². The van der Waals surface area contributed by atoms with Gasteiger partial charge in [0.25, 0.3) is 11.4 Å². The number of nitrogens with zero attached hydrogens (tertiary/aromatic N) is 4. The van der Waals surface area contributed by atoms with Gasteiger partial charge in [0.1, 0.15) is 0 Å². The number of carbonyl (C=O) groups is 2. The maximum absolute atomic E-state index is 12.5. The fourth-order valence-electron chi connectivity index (χ4n) is 8.41. The van der Waals surface area contributed by atoms with Crippen molar-refractivity contribution in [2.45, 2.75) is 25.7 Å². The summed E-state index contributed by atoms with van der Waals surface area (Å²) in [7, 11) is 0. The molecular weight excluding hydrogens is 856 g/mol. The Bertz CT molecular complexity index is 2470. The molecule has 24 heteroatoms. The molecule has 0 radical (unpaired) electrons. The average Bonchev–Trinajstić information content (AvgIpc) is 4.14. The highest BCUT2D eigenvalue weighted by Gasteiger charge is 2.41. The first-order chi connectivity index (χ1) is 30.8. The third kappa shape index (κ3) is 7.91. The van der Waals surface area contributed by atoms with Crippen molar-refractivity contribution in [3.05, 3.63) is 111 Å². The van der Waals surface area contributed by atoms with Gasteiger partial charge in [0.05, 0.1) is 56.9 Å².